The first-order valence-electron chi connectivity index (χ1n) is 10.1. The number of nitrogens with zero attached hydrogens (tertiary/aromatic N) is 2. The molecule has 0 saturated heterocycles. The van der Waals surface area contributed by atoms with Crippen LogP contribution in [0.1, 0.15) is 27.3 Å². The van der Waals surface area contributed by atoms with Gasteiger partial charge in [0.25, 0.3) is 5.91 Å². The molecule has 3 heterocycles. The molecule has 1 aromatic carbocycles. The fraction of sp³-hybridized carbons (Fsp3) is 0.250. The first-order valence-corrected chi connectivity index (χ1v) is 10.1. The molecular formula is C24H26N4O2. The van der Waals surface area contributed by atoms with E-state index in [4.69, 9.17) is 4.74 Å². The number of likely N-dealkylation sites (N-methyl/N-ethyl adjacent to an activating group) is 1. The van der Waals surface area contributed by atoms with E-state index in [0.717, 1.165) is 52.4 Å². The Bertz CT molecular complexity index is 1070. The van der Waals surface area contributed by atoms with E-state index >= 15 is 0 Å². The molecule has 2 N–H and O–H groups in total. The van der Waals surface area contributed by atoms with Crippen LogP contribution in [0.15, 0.2) is 48.7 Å². The van der Waals surface area contributed by atoms with E-state index in [9.17, 15) is 4.79 Å². The number of fused-ring (bicyclic) bond motifs is 1. The molecule has 1 aliphatic rings. The molecule has 1 amide bonds. The lowest BCUT2D eigenvalue weighted by Gasteiger charge is -2.21. The summed E-state index contributed by atoms with van der Waals surface area (Å²) in [4.78, 5) is 22.1. The maximum Gasteiger partial charge on any atom is 0.253 e. The number of para-hydroxylation sites is 1. The van der Waals surface area contributed by atoms with Crippen molar-refractivity contribution in [2.24, 2.45) is 0 Å². The molecule has 0 aliphatic carbocycles. The number of amides is 1. The Hall–Kier alpha value is -3.38. The van der Waals surface area contributed by atoms with Gasteiger partial charge < -0.3 is 19.9 Å². The van der Waals surface area contributed by atoms with Crippen molar-refractivity contribution in [1.29, 1.82) is 0 Å². The summed E-state index contributed by atoms with van der Waals surface area (Å²) in [7, 11) is 3.78. The molecule has 2 aromatic heterocycles. The van der Waals surface area contributed by atoms with E-state index in [0.29, 0.717) is 13.2 Å². The SMILES string of the molecule is COCCN(C)c1ccccc1C=Cc1cc(-c2cc3c([nH]2)CCNC3=O)ccn1. The Labute approximate surface area is 176 Å². The predicted octanol–water partition coefficient (Wildman–Crippen LogP) is 3.62. The zero-order valence-corrected chi connectivity index (χ0v) is 17.3. The average molecular weight is 402 g/mol. The lowest BCUT2D eigenvalue weighted by molar-refractivity contribution is 0.0946. The van der Waals surface area contributed by atoms with Gasteiger partial charge in [0.2, 0.25) is 0 Å². The van der Waals surface area contributed by atoms with Gasteiger partial charge in [-0.25, -0.2) is 0 Å². The Morgan fingerprint density at radius 2 is 2.07 bits per heavy atom. The third-order valence-electron chi connectivity index (χ3n) is 5.31. The number of ether oxygens (including phenoxy) is 1. The minimum atomic E-state index is -0.0119. The Balaban J connectivity index is 1.57. The minimum absolute atomic E-state index is 0.0119. The van der Waals surface area contributed by atoms with Crippen LogP contribution in [0.2, 0.25) is 0 Å². The molecule has 0 atom stereocenters. The smallest absolute Gasteiger partial charge is 0.253 e. The molecule has 0 saturated carbocycles. The Morgan fingerprint density at radius 3 is 2.90 bits per heavy atom. The van der Waals surface area contributed by atoms with Gasteiger partial charge in [0.1, 0.15) is 0 Å². The van der Waals surface area contributed by atoms with Crippen molar-refractivity contribution in [3.63, 3.8) is 0 Å². The number of aromatic nitrogens is 2. The van der Waals surface area contributed by atoms with Crippen LogP contribution < -0.4 is 10.2 Å². The number of anilines is 1. The largest absolute Gasteiger partial charge is 0.383 e. The van der Waals surface area contributed by atoms with E-state index in [-0.39, 0.29) is 5.91 Å². The van der Waals surface area contributed by atoms with Crippen LogP contribution in [0.25, 0.3) is 23.4 Å². The lowest BCUT2D eigenvalue weighted by atomic mass is 10.1. The standard InChI is InChI=1S/C24H26N4O2/c1-28(13-14-30-2)23-6-4-3-5-17(23)7-8-19-15-18(9-11-25-19)22-16-20-21(27-22)10-12-26-24(20)29/h3-9,11,15-16,27H,10,12-14H2,1-2H3,(H,26,29). The predicted molar refractivity (Wildman–Crippen MR) is 121 cm³/mol. The zero-order chi connectivity index (χ0) is 20.9. The number of H-pyrrole nitrogens is 1. The lowest BCUT2D eigenvalue weighted by Crippen LogP contribution is -2.31. The van der Waals surface area contributed by atoms with Gasteiger partial charge in [-0.1, -0.05) is 24.3 Å². The minimum Gasteiger partial charge on any atom is -0.383 e. The fourth-order valence-electron chi connectivity index (χ4n) is 3.66. The van der Waals surface area contributed by atoms with Crippen LogP contribution in [0.3, 0.4) is 0 Å². The van der Waals surface area contributed by atoms with E-state index in [1.807, 2.05) is 36.4 Å². The first kappa shape index (κ1) is 19.9. The normalized spacial score (nSPS) is 13.3. The molecule has 0 unspecified atom stereocenters. The van der Waals surface area contributed by atoms with Crippen LogP contribution in [0.4, 0.5) is 5.69 Å². The van der Waals surface area contributed by atoms with Gasteiger partial charge in [-0.3, -0.25) is 9.78 Å². The van der Waals surface area contributed by atoms with E-state index in [2.05, 4.69) is 45.4 Å². The number of hydrogen-bond donors (Lipinski definition) is 2. The van der Waals surface area contributed by atoms with Crippen molar-refractivity contribution >= 4 is 23.7 Å². The molecule has 6 heteroatoms. The van der Waals surface area contributed by atoms with Crippen LogP contribution in [-0.4, -0.2) is 49.7 Å². The summed E-state index contributed by atoms with van der Waals surface area (Å²) in [5, 5.41) is 2.89. The number of rotatable bonds is 7. The van der Waals surface area contributed by atoms with Gasteiger partial charge in [-0.05, 0) is 35.9 Å². The van der Waals surface area contributed by atoms with Gasteiger partial charge in [0.05, 0.1) is 17.9 Å². The van der Waals surface area contributed by atoms with Crippen molar-refractivity contribution in [2.75, 3.05) is 38.8 Å². The summed E-state index contributed by atoms with van der Waals surface area (Å²) >= 11 is 0. The monoisotopic (exact) mass is 402 g/mol. The third-order valence-corrected chi connectivity index (χ3v) is 5.31. The summed E-state index contributed by atoms with van der Waals surface area (Å²) in [6.07, 6.45) is 6.72. The maximum absolute atomic E-state index is 12.0. The summed E-state index contributed by atoms with van der Waals surface area (Å²) in [6, 6.07) is 14.2. The molecular weight excluding hydrogens is 376 g/mol. The number of aromatic amines is 1. The van der Waals surface area contributed by atoms with Crippen molar-refractivity contribution in [2.45, 2.75) is 6.42 Å². The summed E-state index contributed by atoms with van der Waals surface area (Å²) in [5.41, 5.74) is 6.80. The molecule has 30 heavy (non-hydrogen) atoms. The Morgan fingerprint density at radius 1 is 1.20 bits per heavy atom. The highest BCUT2D eigenvalue weighted by atomic mass is 16.5. The Kier molecular flexibility index (Phi) is 5.95. The van der Waals surface area contributed by atoms with Crippen molar-refractivity contribution in [3.8, 4) is 11.3 Å². The van der Waals surface area contributed by atoms with E-state index in [1.54, 1.807) is 13.3 Å². The van der Waals surface area contributed by atoms with E-state index < -0.39 is 0 Å². The number of methoxy groups -OCH3 is 1. The number of carbonyl (C=O) groups is 1. The number of carbonyl (C=O) groups excluding carboxylic acids is 1. The molecule has 0 fully saturated rings. The van der Waals surface area contributed by atoms with Crippen LogP contribution in [0.5, 0.6) is 0 Å². The van der Waals surface area contributed by atoms with Gasteiger partial charge >= 0.3 is 0 Å². The topological polar surface area (TPSA) is 70.2 Å². The van der Waals surface area contributed by atoms with Crippen molar-refractivity contribution < 1.29 is 9.53 Å². The number of pyridine rings is 1. The quantitative estimate of drug-likeness (QED) is 0.633. The van der Waals surface area contributed by atoms with Crippen LogP contribution in [0, 0.1) is 0 Å². The second kappa shape index (κ2) is 8.97. The number of benzene rings is 1. The zero-order valence-electron chi connectivity index (χ0n) is 17.3. The van der Waals surface area contributed by atoms with Crippen LogP contribution >= 0.6 is 0 Å². The second-order valence-electron chi connectivity index (χ2n) is 7.36. The summed E-state index contributed by atoms with van der Waals surface area (Å²) in [5.74, 6) is -0.0119. The highest BCUT2D eigenvalue weighted by molar-refractivity contribution is 5.97. The summed E-state index contributed by atoms with van der Waals surface area (Å²) < 4.78 is 5.20. The second-order valence-corrected chi connectivity index (χ2v) is 7.36. The fourth-order valence-corrected chi connectivity index (χ4v) is 3.66. The maximum atomic E-state index is 12.0. The molecule has 0 bridgehead atoms. The molecule has 6 nitrogen and oxygen atoms in total. The molecule has 3 aromatic rings. The van der Waals surface area contributed by atoms with Crippen molar-refractivity contribution in [3.05, 3.63) is 71.2 Å². The van der Waals surface area contributed by atoms with Crippen LogP contribution in [-0.2, 0) is 11.2 Å². The molecule has 0 radical (unpaired) electrons. The van der Waals surface area contributed by atoms with Crippen molar-refractivity contribution in [1.82, 2.24) is 15.3 Å². The van der Waals surface area contributed by atoms with E-state index in [1.165, 1.54) is 0 Å². The third kappa shape index (κ3) is 4.28. The summed E-state index contributed by atoms with van der Waals surface area (Å²) in [6.45, 7) is 2.17. The number of nitrogens with one attached hydrogen (secondary N) is 2. The highest BCUT2D eigenvalue weighted by Gasteiger charge is 2.19. The highest BCUT2D eigenvalue weighted by Crippen LogP contribution is 2.25. The van der Waals surface area contributed by atoms with Gasteiger partial charge in [0.15, 0.2) is 0 Å². The molecule has 1 aliphatic heterocycles. The van der Waals surface area contributed by atoms with Gasteiger partial charge in [-0.2, -0.15) is 0 Å². The number of hydrogen-bond acceptors (Lipinski definition) is 4. The van der Waals surface area contributed by atoms with Gasteiger partial charge in [-0.15, -0.1) is 0 Å². The molecule has 154 valence electrons. The van der Waals surface area contributed by atoms with Gasteiger partial charge in [0, 0.05) is 62.5 Å². The molecule has 0 spiro atoms. The first-order chi connectivity index (χ1) is 14.7. The average Bonchev–Trinajstić information content (AvgIpc) is 3.22. The molecule has 4 rings (SSSR count).